The summed E-state index contributed by atoms with van der Waals surface area (Å²) in [5.41, 5.74) is 1.91. The SMILES string of the molecule is COC(=O)c1ccc(-c2ccc(OC)c(OC3CCCC3)c2)cc1C(=O)OC. The first-order valence-electron chi connectivity index (χ1n) is 9.23. The van der Waals surface area contributed by atoms with Gasteiger partial charge in [-0.05, 0) is 61.1 Å². The average molecular weight is 384 g/mol. The van der Waals surface area contributed by atoms with E-state index in [9.17, 15) is 9.59 Å². The van der Waals surface area contributed by atoms with Crippen LogP contribution in [0.15, 0.2) is 36.4 Å². The molecule has 3 rings (SSSR count). The molecule has 6 nitrogen and oxygen atoms in total. The zero-order valence-corrected chi connectivity index (χ0v) is 16.3. The molecule has 0 amide bonds. The molecular weight excluding hydrogens is 360 g/mol. The quantitative estimate of drug-likeness (QED) is 0.693. The van der Waals surface area contributed by atoms with Crippen LogP contribution in [0.4, 0.5) is 0 Å². The number of methoxy groups -OCH3 is 3. The van der Waals surface area contributed by atoms with Gasteiger partial charge in [0.1, 0.15) is 0 Å². The number of hydrogen-bond acceptors (Lipinski definition) is 6. The highest BCUT2D eigenvalue weighted by Gasteiger charge is 2.21. The highest BCUT2D eigenvalue weighted by Crippen LogP contribution is 2.36. The van der Waals surface area contributed by atoms with Gasteiger partial charge in [0.25, 0.3) is 0 Å². The van der Waals surface area contributed by atoms with Crippen molar-refractivity contribution in [1.82, 2.24) is 0 Å². The van der Waals surface area contributed by atoms with E-state index in [0.717, 1.165) is 24.0 Å². The zero-order valence-electron chi connectivity index (χ0n) is 16.3. The summed E-state index contributed by atoms with van der Waals surface area (Å²) in [6, 6.07) is 10.6. The Labute approximate surface area is 164 Å². The van der Waals surface area contributed by atoms with Crippen LogP contribution < -0.4 is 9.47 Å². The van der Waals surface area contributed by atoms with Crippen LogP contribution >= 0.6 is 0 Å². The molecule has 1 aliphatic rings. The molecule has 1 fully saturated rings. The summed E-state index contributed by atoms with van der Waals surface area (Å²) in [5.74, 6) is 0.142. The van der Waals surface area contributed by atoms with E-state index in [-0.39, 0.29) is 17.2 Å². The van der Waals surface area contributed by atoms with Crippen LogP contribution in [0, 0.1) is 0 Å². The number of rotatable bonds is 6. The van der Waals surface area contributed by atoms with E-state index in [1.165, 1.54) is 27.1 Å². The standard InChI is InChI=1S/C22H24O6/c1-25-19-11-9-15(13-20(19)28-16-6-4-5-7-16)14-8-10-17(21(23)26-2)18(12-14)22(24)27-3/h8-13,16H,4-7H2,1-3H3. The lowest BCUT2D eigenvalue weighted by Gasteiger charge is -2.17. The molecule has 0 radical (unpaired) electrons. The predicted molar refractivity (Wildman–Crippen MR) is 104 cm³/mol. The Morgan fingerprint density at radius 3 is 2.04 bits per heavy atom. The lowest BCUT2D eigenvalue weighted by molar-refractivity contribution is 0.0555. The van der Waals surface area contributed by atoms with Gasteiger partial charge in [-0.3, -0.25) is 0 Å². The Balaban J connectivity index is 2.00. The van der Waals surface area contributed by atoms with Crippen LogP contribution in [-0.4, -0.2) is 39.4 Å². The summed E-state index contributed by atoms with van der Waals surface area (Å²) in [6.45, 7) is 0. The molecule has 148 valence electrons. The van der Waals surface area contributed by atoms with E-state index in [0.29, 0.717) is 11.5 Å². The van der Waals surface area contributed by atoms with Gasteiger partial charge in [0.05, 0.1) is 38.6 Å². The molecule has 1 saturated carbocycles. The molecular formula is C22H24O6. The lowest BCUT2D eigenvalue weighted by atomic mass is 9.98. The van der Waals surface area contributed by atoms with E-state index in [1.807, 2.05) is 18.2 Å². The smallest absolute Gasteiger partial charge is 0.338 e. The highest BCUT2D eigenvalue weighted by molar-refractivity contribution is 6.04. The third-order valence-electron chi connectivity index (χ3n) is 4.92. The molecule has 2 aromatic rings. The first kappa shape index (κ1) is 19.7. The first-order chi connectivity index (χ1) is 13.6. The second kappa shape index (κ2) is 8.78. The van der Waals surface area contributed by atoms with Gasteiger partial charge in [-0.2, -0.15) is 0 Å². The molecule has 0 atom stereocenters. The number of carbonyl (C=O) groups is 2. The number of esters is 2. The molecule has 2 aromatic carbocycles. The molecule has 0 aromatic heterocycles. The molecule has 0 saturated heterocycles. The number of ether oxygens (including phenoxy) is 4. The Morgan fingerprint density at radius 1 is 0.786 bits per heavy atom. The van der Waals surface area contributed by atoms with Crippen molar-refractivity contribution in [2.45, 2.75) is 31.8 Å². The predicted octanol–water partition coefficient (Wildman–Crippen LogP) is 4.26. The summed E-state index contributed by atoms with van der Waals surface area (Å²) in [6.07, 6.45) is 4.60. The summed E-state index contributed by atoms with van der Waals surface area (Å²) in [4.78, 5) is 24.1. The van der Waals surface area contributed by atoms with E-state index >= 15 is 0 Å². The molecule has 6 heteroatoms. The minimum Gasteiger partial charge on any atom is -0.493 e. The topological polar surface area (TPSA) is 71.1 Å². The number of benzene rings is 2. The molecule has 0 unspecified atom stereocenters. The van der Waals surface area contributed by atoms with Gasteiger partial charge < -0.3 is 18.9 Å². The van der Waals surface area contributed by atoms with Crippen LogP contribution in [0.25, 0.3) is 11.1 Å². The Hall–Kier alpha value is -3.02. The third kappa shape index (κ3) is 4.11. The second-order valence-electron chi connectivity index (χ2n) is 6.63. The first-order valence-corrected chi connectivity index (χ1v) is 9.23. The Kier molecular flexibility index (Phi) is 6.19. The van der Waals surface area contributed by atoms with Crippen LogP contribution in [-0.2, 0) is 9.47 Å². The monoisotopic (exact) mass is 384 g/mol. The van der Waals surface area contributed by atoms with Crippen molar-refractivity contribution in [1.29, 1.82) is 0 Å². The minimum absolute atomic E-state index is 0.154. The average Bonchev–Trinajstić information content (AvgIpc) is 3.25. The van der Waals surface area contributed by atoms with Crippen molar-refractivity contribution in [3.63, 3.8) is 0 Å². The van der Waals surface area contributed by atoms with Crippen LogP contribution in [0.3, 0.4) is 0 Å². The number of carbonyl (C=O) groups excluding carboxylic acids is 2. The summed E-state index contributed by atoms with van der Waals surface area (Å²) < 4.78 is 21.2. The minimum atomic E-state index is -0.599. The fraction of sp³-hybridized carbons (Fsp3) is 0.364. The normalized spacial score (nSPS) is 13.8. The molecule has 1 aliphatic carbocycles. The van der Waals surface area contributed by atoms with E-state index in [2.05, 4.69) is 0 Å². The fourth-order valence-corrected chi connectivity index (χ4v) is 3.42. The van der Waals surface area contributed by atoms with Gasteiger partial charge >= 0.3 is 11.9 Å². The maximum Gasteiger partial charge on any atom is 0.338 e. The van der Waals surface area contributed by atoms with Gasteiger partial charge in [0.2, 0.25) is 0 Å². The highest BCUT2D eigenvalue weighted by atomic mass is 16.5. The molecule has 0 aliphatic heterocycles. The van der Waals surface area contributed by atoms with Crippen molar-refractivity contribution >= 4 is 11.9 Å². The molecule has 28 heavy (non-hydrogen) atoms. The molecule has 0 heterocycles. The van der Waals surface area contributed by atoms with E-state index in [4.69, 9.17) is 18.9 Å². The van der Waals surface area contributed by atoms with Gasteiger partial charge in [-0.15, -0.1) is 0 Å². The van der Waals surface area contributed by atoms with Crippen molar-refractivity contribution < 1.29 is 28.5 Å². The van der Waals surface area contributed by atoms with Gasteiger partial charge in [-0.1, -0.05) is 12.1 Å². The molecule has 0 N–H and O–H groups in total. The van der Waals surface area contributed by atoms with Crippen LogP contribution in [0.2, 0.25) is 0 Å². The summed E-state index contributed by atoms with van der Waals surface area (Å²) in [7, 11) is 4.15. The Bertz CT molecular complexity index is 867. The Morgan fingerprint density at radius 2 is 1.39 bits per heavy atom. The van der Waals surface area contributed by atoms with Crippen molar-refractivity contribution in [2.24, 2.45) is 0 Å². The zero-order chi connectivity index (χ0) is 20.1. The summed E-state index contributed by atoms with van der Waals surface area (Å²) >= 11 is 0. The maximum atomic E-state index is 12.2. The van der Waals surface area contributed by atoms with Crippen LogP contribution in [0.1, 0.15) is 46.4 Å². The molecule has 0 bridgehead atoms. The van der Waals surface area contributed by atoms with E-state index < -0.39 is 11.9 Å². The fourth-order valence-electron chi connectivity index (χ4n) is 3.42. The van der Waals surface area contributed by atoms with Gasteiger partial charge in [0.15, 0.2) is 11.5 Å². The van der Waals surface area contributed by atoms with Crippen molar-refractivity contribution in [2.75, 3.05) is 21.3 Å². The van der Waals surface area contributed by atoms with Gasteiger partial charge in [-0.25, -0.2) is 9.59 Å². The number of hydrogen-bond donors (Lipinski definition) is 0. The molecule has 0 spiro atoms. The largest absolute Gasteiger partial charge is 0.493 e. The van der Waals surface area contributed by atoms with Crippen LogP contribution in [0.5, 0.6) is 11.5 Å². The second-order valence-corrected chi connectivity index (χ2v) is 6.63. The lowest BCUT2D eigenvalue weighted by Crippen LogP contribution is -2.12. The summed E-state index contributed by atoms with van der Waals surface area (Å²) in [5, 5.41) is 0. The van der Waals surface area contributed by atoms with Gasteiger partial charge in [0, 0.05) is 0 Å². The van der Waals surface area contributed by atoms with Crippen molar-refractivity contribution in [3.05, 3.63) is 47.5 Å². The maximum absolute atomic E-state index is 12.2. The van der Waals surface area contributed by atoms with E-state index in [1.54, 1.807) is 25.3 Å². The third-order valence-corrected chi connectivity index (χ3v) is 4.92. The van der Waals surface area contributed by atoms with Crippen molar-refractivity contribution in [3.8, 4) is 22.6 Å².